The smallest absolute Gasteiger partial charge is 0.246 e. The van der Waals surface area contributed by atoms with Crippen LogP contribution < -0.4 is 5.73 Å². The van der Waals surface area contributed by atoms with Gasteiger partial charge in [-0.15, -0.1) is 0 Å². The van der Waals surface area contributed by atoms with Gasteiger partial charge in [0.25, 0.3) is 0 Å². The highest BCUT2D eigenvalue weighted by atomic mass is 79.9. The van der Waals surface area contributed by atoms with Crippen LogP contribution in [0.15, 0.2) is 21.5 Å². The van der Waals surface area contributed by atoms with Gasteiger partial charge in [-0.1, -0.05) is 13.8 Å². The summed E-state index contributed by atoms with van der Waals surface area (Å²) in [5.74, 6) is 0.285. The number of sulfonamides is 1. The summed E-state index contributed by atoms with van der Waals surface area (Å²) in [7, 11) is -3.82. The van der Waals surface area contributed by atoms with Gasteiger partial charge < -0.3 is 5.73 Å². The molecule has 0 radical (unpaired) electrons. The first-order valence-electron chi connectivity index (χ1n) is 6.98. The Morgan fingerprint density at radius 1 is 1.33 bits per heavy atom. The molecule has 0 aromatic heterocycles. The van der Waals surface area contributed by atoms with Crippen molar-refractivity contribution in [3.63, 3.8) is 0 Å². The van der Waals surface area contributed by atoms with Crippen molar-refractivity contribution < 1.29 is 12.8 Å². The Morgan fingerprint density at radius 3 is 2.43 bits per heavy atom. The van der Waals surface area contributed by atoms with Crippen molar-refractivity contribution in [1.82, 2.24) is 4.31 Å². The van der Waals surface area contributed by atoms with E-state index in [4.69, 9.17) is 5.73 Å². The zero-order chi connectivity index (χ0) is 15.8. The molecule has 0 bridgehead atoms. The molecule has 7 heteroatoms. The lowest BCUT2D eigenvalue weighted by molar-refractivity contribution is 0.226. The zero-order valence-corrected chi connectivity index (χ0v) is 14.5. The van der Waals surface area contributed by atoms with E-state index in [0.29, 0.717) is 29.4 Å². The molecule has 0 saturated carbocycles. The minimum Gasteiger partial charge on any atom is -0.398 e. The summed E-state index contributed by atoms with van der Waals surface area (Å²) in [6.07, 6.45) is 1.62. The van der Waals surface area contributed by atoms with Gasteiger partial charge in [0.2, 0.25) is 10.0 Å². The average Bonchev–Trinajstić information content (AvgIpc) is 2.42. The SMILES string of the molecule is CC(C)C1CCN(S(=O)(=O)c2cc(N)c(Br)cc2F)CC1. The van der Waals surface area contributed by atoms with E-state index in [0.717, 1.165) is 18.9 Å². The normalized spacial score (nSPS) is 18.3. The largest absolute Gasteiger partial charge is 0.398 e. The first-order chi connectivity index (χ1) is 9.73. The molecule has 1 saturated heterocycles. The van der Waals surface area contributed by atoms with Crippen molar-refractivity contribution in [3.8, 4) is 0 Å². The predicted octanol–water partition coefficient (Wildman–Crippen LogP) is 3.23. The summed E-state index contributed by atoms with van der Waals surface area (Å²) in [4.78, 5) is -0.341. The number of benzene rings is 1. The van der Waals surface area contributed by atoms with Gasteiger partial charge in [0.15, 0.2) is 0 Å². The Kier molecular flexibility index (Phi) is 4.95. The van der Waals surface area contributed by atoms with E-state index in [1.807, 2.05) is 0 Å². The number of halogens is 2. The van der Waals surface area contributed by atoms with Crippen LogP contribution in [-0.4, -0.2) is 25.8 Å². The molecule has 1 aromatic rings. The van der Waals surface area contributed by atoms with E-state index in [2.05, 4.69) is 29.8 Å². The second kappa shape index (κ2) is 6.22. The van der Waals surface area contributed by atoms with E-state index < -0.39 is 15.8 Å². The molecule has 1 aliphatic heterocycles. The number of piperidine rings is 1. The minimum absolute atomic E-state index is 0.215. The van der Waals surface area contributed by atoms with Gasteiger partial charge >= 0.3 is 0 Å². The van der Waals surface area contributed by atoms with Gasteiger partial charge in [0, 0.05) is 23.2 Å². The summed E-state index contributed by atoms with van der Waals surface area (Å²) in [5.41, 5.74) is 5.90. The summed E-state index contributed by atoms with van der Waals surface area (Å²) < 4.78 is 40.8. The van der Waals surface area contributed by atoms with Crippen molar-refractivity contribution in [2.75, 3.05) is 18.8 Å². The Bertz CT molecular complexity index is 626. The van der Waals surface area contributed by atoms with Crippen LogP contribution in [0.4, 0.5) is 10.1 Å². The highest BCUT2D eigenvalue weighted by molar-refractivity contribution is 9.10. The highest BCUT2D eigenvalue weighted by Crippen LogP contribution is 2.31. The minimum atomic E-state index is -3.82. The van der Waals surface area contributed by atoms with E-state index in [1.54, 1.807) is 0 Å². The van der Waals surface area contributed by atoms with Crippen molar-refractivity contribution in [3.05, 3.63) is 22.4 Å². The van der Waals surface area contributed by atoms with Gasteiger partial charge in [0.05, 0.1) is 0 Å². The molecule has 1 fully saturated rings. The van der Waals surface area contributed by atoms with E-state index in [1.165, 1.54) is 10.4 Å². The molecule has 1 heterocycles. The molecule has 1 aliphatic rings. The fraction of sp³-hybridized carbons (Fsp3) is 0.571. The highest BCUT2D eigenvalue weighted by Gasteiger charge is 2.32. The Labute approximate surface area is 133 Å². The number of hydrogen-bond acceptors (Lipinski definition) is 3. The Hall–Kier alpha value is -0.660. The fourth-order valence-corrected chi connectivity index (χ4v) is 4.53. The summed E-state index contributed by atoms with van der Waals surface area (Å²) in [5, 5.41) is 0. The standard InChI is InChI=1S/C14H20BrFN2O2S/c1-9(2)10-3-5-18(6-4-10)21(19,20)14-8-13(17)11(15)7-12(14)16/h7-10H,3-6,17H2,1-2H3. The third kappa shape index (κ3) is 3.40. The summed E-state index contributed by atoms with van der Waals surface area (Å²) >= 11 is 3.09. The Balaban J connectivity index is 2.26. The van der Waals surface area contributed by atoms with Crippen molar-refractivity contribution in [2.24, 2.45) is 11.8 Å². The van der Waals surface area contributed by atoms with Gasteiger partial charge in [-0.2, -0.15) is 4.31 Å². The second-order valence-corrected chi connectivity index (χ2v) is 8.55. The van der Waals surface area contributed by atoms with E-state index >= 15 is 0 Å². The van der Waals surface area contributed by atoms with E-state index in [9.17, 15) is 12.8 Å². The van der Waals surface area contributed by atoms with Crippen molar-refractivity contribution in [1.29, 1.82) is 0 Å². The molecule has 2 rings (SSSR count). The van der Waals surface area contributed by atoms with Gasteiger partial charge in [-0.25, -0.2) is 12.8 Å². The lowest BCUT2D eigenvalue weighted by atomic mass is 9.87. The number of nitrogen functional groups attached to an aromatic ring is 1. The molecule has 2 N–H and O–H groups in total. The van der Waals surface area contributed by atoms with Gasteiger partial charge in [-0.3, -0.25) is 0 Å². The predicted molar refractivity (Wildman–Crippen MR) is 84.8 cm³/mol. The van der Waals surface area contributed by atoms with Crippen LogP contribution in [0.1, 0.15) is 26.7 Å². The molecule has 1 aromatic carbocycles. The van der Waals surface area contributed by atoms with Crippen molar-refractivity contribution >= 4 is 31.6 Å². The molecule has 21 heavy (non-hydrogen) atoms. The van der Waals surface area contributed by atoms with Crippen LogP contribution in [0.2, 0.25) is 0 Å². The molecule has 0 aliphatic carbocycles. The molecular formula is C14H20BrFN2O2S. The first kappa shape index (κ1) is 16.7. The number of rotatable bonds is 3. The molecule has 0 amide bonds. The third-order valence-corrected chi connectivity index (χ3v) is 6.71. The lowest BCUT2D eigenvalue weighted by Crippen LogP contribution is -2.39. The van der Waals surface area contributed by atoms with Gasteiger partial charge in [0.1, 0.15) is 10.7 Å². The summed E-state index contributed by atoms with van der Waals surface area (Å²) in [6.45, 7) is 5.15. The monoisotopic (exact) mass is 378 g/mol. The number of nitrogens with zero attached hydrogens (tertiary/aromatic N) is 1. The molecule has 0 atom stereocenters. The molecule has 4 nitrogen and oxygen atoms in total. The fourth-order valence-electron chi connectivity index (χ4n) is 2.66. The van der Waals surface area contributed by atoms with Crippen LogP contribution in [-0.2, 0) is 10.0 Å². The molecule has 0 spiro atoms. The van der Waals surface area contributed by atoms with Crippen LogP contribution in [0.25, 0.3) is 0 Å². The number of nitrogens with two attached hydrogens (primary N) is 1. The zero-order valence-electron chi connectivity index (χ0n) is 12.1. The van der Waals surface area contributed by atoms with Crippen molar-refractivity contribution in [2.45, 2.75) is 31.6 Å². The molecular weight excluding hydrogens is 359 g/mol. The second-order valence-electron chi connectivity index (χ2n) is 5.79. The molecule has 0 unspecified atom stereocenters. The van der Waals surface area contributed by atoms with E-state index in [-0.39, 0.29) is 10.6 Å². The molecule has 118 valence electrons. The average molecular weight is 379 g/mol. The third-order valence-electron chi connectivity index (χ3n) is 4.11. The maximum atomic E-state index is 14.0. The first-order valence-corrected chi connectivity index (χ1v) is 9.21. The number of anilines is 1. The van der Waals surface area contributed by atoms with Crippen LogP contribution in [0, 0.1) is 17.7 Å². The number of hydrogen-bond donors (Lipinski definition) is 1. The lowest BCUT2D eigenvalue weighted by Gasteiger charge is -2.33. The Morgan fingerprint density at radius 2 is 1.90 bits per heavy atom. The van der Waals surface area contributed by atoms with Gasteiger partial charge in [-0.05, 0) is 52.7 Å². The van der Waals surface area contributed by atoms with Crippen LogP contribution in [0.5, 0.6) is 0 Å². The topological polar surface area (TPSA) is 63.4 Å². The summed E-state index contributed by atoms with van der Waals surface area (Å²) in [6, 6.07) is 2.28. The maximum Gasteiger partial charge on any atom is 0.246 e. The van der Waals surface area contributed by atoms with Crippen LogP contribution >= 0.6 is 15.9 Å². The maximum absolute atomic E-state index is 14.0. The quantitative estimate of drug-likeness (QED) is 0.821. The van der Waals surface area contributed by atoms with Crippen LogP contribution in [0.3, 0.4) is 0 Å².